The minimum atomic E-state index is -1.82. The van der Waals surface area contributed by atoms with Crippen molar-refractivity contribution in [2.45, 2.75) is 6.42 Å². The molecule has 0 saturated carbocycles. The number of aromatic nitrogens is 1. The van der Waals surface area contributed by atoms with Crippen LogP contribution in [0, 0.1) is 0 Å². The Morgan fingerprint density at radius 2 is 1.51 bits per heavy atom. The number of hydrogen-bond donors (Lipinski definition) is 6. The second kappa shape index (κ2) is 16.9. The molecular weight excluding hydrogens is 594 g/mol. The molecule has 1 aromatic heterocycles. The van der Waals surface area contributed by atoms with Crippen LogP contribution in [0.15, 0.2) is 42.5 Å². The van der Waals surface area contributed by atoms with Crippen molar-refractivity contribution in [2.75, 3.05) is 70.0 Å². The molecule has 242 valence electrons. The minimum absolute atomic E-state index is 0.0308. The van der Waals surface area contributed by atoms with E-state index in [0.29, 0.717) is 31.1 Å². The Balaban J connectivity index is 0.000000499. The number of benzene rings is 2. The fraction of sp³-hybridized carbons (Fsp3) is 0.310. The zero-order valence-corrected chi connectivity index (χ0v) is 25.1. The Hall–Kier alpha value is -5.64. The summed E-state index contributed by atoms with van der Waals surface area (Å²) in [5.74, 6) is -5.00. The van der Waals surface area contributed by atoms with E-state index in [1.807, 2.05) is 61.5 Å². The SMILES string of the molecule is COc1ccc(NCCN(C)CC(=O)Nc2c3c(nc4ccccc24)N(C)CC3)cc1OC.O=C(O)C(=O)O.O=C(O)C(=O)O. The number of pyridine rings is 1. The quantitative estimate of drug-likeness (QED) is 0.184. The summed E-state index contributed by atoms with van der Waals surface area (Å²) in [5.41, 5.74) is 3.84. The van der Waals surface area contributed by atoms with E-state index < -0.39 is 23.9 Å². The van der Waals surface area contributed by atoms with Crippen LogP contribution in [-0.2, 0) is 30.4 Å². The average Bonchev–Trinajstić information content (AvgIpc) is 3.37. The summed E-state index contributed by atoms with van der Waals surface area (Å²) in [6.07, 6.45) is 0.879. The van der Waals surface area contributed by atoms with Gasteiger partial charge in [-0.05, 0) is 31.7 Å². The number of anilines is 3. The molecule has 2 aromatic carbocycles. The molecule has 16 nitrogen and oxygen atoms in total. The molecule has 0 fully saturated rings. The Bertz CT molecular complexity index is 1500. The van der Waals surface area contributed by atoms with E-state index in [1.54, 1.807) is 14.2 Å². The normalized spacial score (nSPS) is 11.3. The summed E-state index contributed by atoms with van der Waals surface area (Å²) in [6, 6.07) is 13.7. The van der Waals surface area contributed by atoms with E-state index in [0.717, 1.165) is 46.6 Å². The predicted octanol–water partition coefficient (Wildman–Crippen LogP) is 1.54. The third-order valence-corrected chi connectivity index (χ3v) is 6.28. The van der Waals surface area contributed by atoms with Crippen LogP contribution in [-0.4, -0.2) is 115 Å². The molecule has 6 N–H and O–H groups in total. The van der Waals surface area contributed by atoms with Crippen molar-refractivity contribution in [2.24, 2.45) is 0 Å². The monoisotopic (exact) mass is 629 g/mol. The Kier molecular flexibility index (Phi) is 13.3. The van der Waals surface area contributed by atoms with Crippen molar-refractivity contribution in [3.63, 3.8) is 0 Å². The first-order valence-corrected chi connectivity index (χ1v) is 13.3. The highest BCUT2D eigenvalue weighted by atomic mass is 16.5. The summed E-state index contributed by atoms with van der Waals surface area (Å²) in [6.45, 7) is 2.61. The third kappa shape index (κ3) is 10.5. The van der Waals surface area contributed by atoms with Crippen LogP contribution < -0.4 is 25.0 Å². The van der Waals surface area contributed by atoms with Gasteiger partial charge < -0.3 is 45.4 Å². The number of amides is 1. The fourth-order valence-corrected chi connectivity index (χ4v) is 4.16. The highest BCUT2D eigenvalue weighted by molar-refractivity contribution is 6.27. The van der Waals surface area contributed by atoms with Gasteiger partial charge in [0.15, 0.2) is 11.5 Å². The summed E-state index contributed by atoms with van der Waals surface area (Å²) >= 11 is 0. The maximum atomic E-state index is 12.9. The van der Waals surface area contributed by atoms with E-state index in [4.69, 9.17) is 54.1 Å². The number of carbonyl (C=O) groups excluding carboxylic acids is 1. The molecule has 45 heavy (non-hydrogen) atoms. The molecule has 4 rings (SSSR count). The summed E-state index contributed by atoms with van der Waals surface area (Å²) in [4.78, 5) is 58.2. The number of methoxy groups -OCH3 is 2. The highest BCUT2D eigenvalue weighted by Gasteiger charge is 2.24. The van der Waals surface area contributed by atoms with Gasteiger partial charge in [0.1, 0.15) is 5.82 Å². The van der Waals surface area contributed by atoms with Gasteiger partial charge in [0.2, 0.25) is 5.91 Å². The number of aliphatic carboxylic acids is 4. The molecule has 1 amide bonds. The van der Waals surface area contributed by atoms with Crippen LogP contribution in [0.4, 0.5) is 17.2 Å². The van der Waals surface area contributed by atoms with Gasteiger partial charge in [0.05, 0.1) is 32.0 Å². The van der Waals surface area contributed by atoms with E-state index >= 15 is 0 Å². The molecule has 2 heterocycles. The topological polar surface area (TPSA) is 228 Å². The van der Waals surface area contributed by atoms with Crippen LogP contribution in [0.25, 0.3) is 10.9 Å². The van der Waals surface area contributed by atoms with Crippen molar-refractivity contribution in [1.82, 2.24) is 9.88 Å². The second-order valence-corrected chi connectivity index (χ2v) is 9.48. The molecule has 0 saturated heterocycles. The van der Waals surface area contributed by atoms with Gasteiger partial charge in [-0.3, -0.25) is 9.69 Å². The van der Waals surface area contributed by atoms with Crippen molar-refractivity contribution in [1.29, 1.82) is 0 Å². The molecule has 3 aromatic rings. The minimum Gasteiger partial charge on any atom is -0.493 e. The van der Waals surface area contributed by atoms with Gasteiger partial charge >= 0.3 is 23.9 Å². The lowest BCUT2D eigenvalue weighted by Gasteiger charge is -2.19. The number of para-hydroxylation sites is 1. The van der Waals surface area contributed by atoms with Crippen LogP contribution >= 0.6 is 0 Å². The second-order valence-electron chi connectivity index (χ2n) is 9.48. The van der Waals surface area contributed by atoms with Crippen LogP contribution in [0.2, 0.25) is 0 Å². The zero-order valence-electron chi connectivity index (χ0n) is 25.1. The van der Waals surface area contributed by atoms with Crippen molar-refractivity contribution in [3.8, 4) is 11.5 Å². The molecule has 0 atom stereocenters. The number of nitrogens with one attached hydrogen (secondary N) is 2. The van der Waals surface area contributed by atoms with E-state index in [9.17, 15) is 4.79 Å². The van der Waals surface area contributed by atoms with E-state index in [1.165, 1.54) is 0 Å². The fourth-order valence-electron chi connectivity index (χ4n) is 4.16. The average molecular weight is 630 g/mol. The molecule has 0 radical (unpaired) electrons. The molecule has 1 aliphatic rings. The van der Waals surface area contributed by atoms with Gasteiger partial charge in [-0.2, -0.15) is 0 Å². The molecule has 0 bridgehead atoms. The lowest BCUT2D eigenvalue weighted by atomic mass is 10.1. The number of likely N-dealkylation sites (N-methyl/N-ethyl adjacent to an activating group) is 2. The molecule has 1 aliphatic heterocycles. The summed E-state index contributed by atoms with van der Waals surface area (Å²) in [7, 11) is 7.22. The molecule has 0 unspecified atom stereocenters. The first kappa shape index (κ1) is 35.6. The summed E-state index contributed by atoms with van der Waals surface area (Å²) in [5, 5.41) is 37.1. The number of rotatable bonds is 9. The largest absolute Gasteiger partial charge is 0.493 e. The van der Waals surface area contributed by atoms with Gasteiger partial charge in [-0.1, -0.05) is 18.2 Å². The number of carboxylic acids is 4. The van der Waals surface area contributed by atoms with Crippen molar-refractivity contribution >= 4 is 57.9 Å². The maximum Gasteiger partial charge on any atom is 0.414 e. The number of carbonyl (C=O) groups is 5. The summed E-state index contributed by atoms with van der Waals surface area (Å²) < 4.78 is 10.6. The smallest absolute Gasteiger partial charge is 0.414 e. The number of fused-ring (bicyclic) bond motifs is 2. The van der Waals surface area contributed by atoms with Gasteiger partial charge in [-0.25, -0.2) is 24.2 Å². The van der Waals surface area contributed by atoms with Gasteiger partial charge in [0.25, 0.3) is 0 Å². The van der Waals surface area contributed by atoms with Crippen molar-refractivity contribution in [3.05, 3.63) is 48.0 Å². The standard InChI is InChI=1S/C25H31N5O3.2C2H2O4/c1-29(14-12-26-17-9-10-21(32-3)22(15-17)33-4)16-23(31)28-24-18-7-5-6-8-20(18)27-25-19(24)11-13-30(25)2;2*3-1(4)2(5)6/h5-10,15,26H,11-14,16H2,1-4H3,(H,27,28,31);2*(H,3,4)(H,5,6). The van der Waals surface area contributed by atoms with Gasteiger partial charge in [-0.15, -0.1) is 0 Å². The van der Waals surface area contributed by atoms with E-state index in [2.05, 4.69) is 15.5 Å². The number of ether oxygens (including phenoxy) is 2. The first-order chi connectivity index (χ1) is 21.3. The molecule has 16 heteroatoms. The maximum absolute atomic E-state index is 12.9. The van der Waals surface area contributed by atoms with Crippen molar-refractivity contribution < 1.29 is 53.9 Å². The first-order valence-electron chi connectivity index (χ1n) is 13.3. The molecule has 0 aliphatic carbocycles. The highest BCUT2D eigenvalue weighted by Crippen LogP contribution is 2.36. The lowest BCUT2D eigenvalue weighted by molar-refractivity contribution is -0.159. The molecular formula is C29H35N5O11. The Labute approximate surface area is 257 Å². The third-order valence-electron chi connectivity index (χ3n) is 6.28. The van der Waals surface area contributed by atoms with Crippen LogP contribution in [0.1, 0.15) is 5.56 Å². The predicted molar refractivity (Wildman–Crippen MR) is 163 cm³/mol. The lowest BCUT2D eigenvalue weighted by Crippen LogP contribution is -2.33. The number of carboxylic acid groups (broad SMARTS) is 4. The number of nitrogens with zero attached hydrogens (tertiary/aromatic N) is 3. The van der Waals surface area contributed by atoms with E-state index in [-0.39, 0.29) is 5.91 Å². The Morgan fingerprint density at radius 1 is 0.911 bits per heavy atom. The van der Waals surface area contributed by atoms with Gasteiger partial charge in [0, 0.05) is 49.4 Å². The Morgan fingerprint density at radius 3 is 2.09 bits per heavy atom. The molecule has 0 spiro atoms. The van der Waals surface area contributed by atoms with Crippen LogP contribution in [0.5, 0.6) is 11.5 Å². The number of hydrogen-bond acceptors (Lipinski definition) is 11. The van der Waals surface area contributed by atoms with Crippen LogP contribution in [0.3, 0.4) is 0 Å². The zero-order chi connectivity index (χ0) is 33.7.